The van der Waals surface area contributed by atoms with Crippen LogP contribution < -0.4 is 4.74 Å². The molecule has 0 radical (unpaired) electrons. The van der Waals surface area contributed by atoms with Crippen LogP contribution >= 0.6 is 0 Å². The van der Waals surface area contributed by atoms with Gasteiger partial charge >= 0.3 is 0 Å². The first-order chi connectivity index (χ1) is 10.2. The first-order valence-corrected chi connectivity index (χ1v) is 6.86. The van der Waals surface area contributed by atoms with Crippen molar-refractivity contribution in [3.05, 3.63) is 70.5 Å². The Morgan fingerprint density at radius 1 is 1.14 bits per heavy atom. The van der Waals surface area contributed by atoms with Gasteiger partial charge in [0.1, 0.15) is 11.6 Å². The lowest BCUT2D eigenvalue weighted by Gasteiger charge is -2.19. The van der Waals surface area contributed by atoms with Crippen molar-refractivity contribution in [3.63, 3.8) is 0 Å². The summed E-state index contributed by atoms with van der Waals surface area (Å²) < 4.78 is 18.5. The van der Waals surface area contributed by atoms with Crippen molar-refractivity contribution in [3.8, 4) is 5.75 Å². The number of hydrogen-bond acceptors (Lipinski definition) is 2. The molecular weight excluding hydrogens is 267 g/mol. The second kappa shape index (κ2) is 5.52. The van der Waals surface area contributed by atoms with Gasteiger partial charge in [0.25, 0.3) is 0 Å². The normalized spacial score (nSPS) is 15.9. The number of Topliss-reactive ketones (excluding diaryl/α,β-unsaturated/α-hetero) is 1. The molecule has 106 valence electrons. The number of hydrogen-bond donors (Lipinski definition) is 0. The van der Waals surface area contributed by atoms with E-state index in [1.807, 2.05) is 18.2 Å². The van der Waals surface area contributed by atoms with Crippen molar-refractivity contribution in [2.45, 2.75) is 12.8 Å². The van der Waals surface area contributed by atoms with Crippen molar-refractivity contribution in [1.29, 1.82) is 0 Å². The molecule has 0 unspecified atom stereocenters. The Labute approximate surface area is 122 Å². The molecule has 0 atom stereocenters. The number of halogens is 1. The lowest BCUT2D eigenvalue weighted by Crippen LogP contribution is -2.15. The van der Waals surface area contributed by atoms with Gasteiger partial charge in [-0.2, -0.15) is 0 Å². The Bertz CT molecular complexity index is 732. The Hall–Kier alpha value is -2.42. The van der Waals surface area contributed by atoms with Crippen LogP contribution in [0, 0.1) is 5.82 Å². The van der Waals surface area contributed by atoms with Gasteiger partial charge in [0.05, 0.1) is 7.11 Å². The number of benzene rings is 2. The van der Waals surface area contributed by atoms with Crippen LogP contribution in [0.2, 0.25) is 0 Å². The first-order valence-electron chi connectivity index (χ1n) is 6.86. The largest absolute Gasteiger partial charge is 0.496 e. The predicted molar refractivity (Wildman–Crippen MR) is 80.0 cm³/mol. The molecule has 1 aliphatic rings. The third kappa shape index (κ3) is 2.59. The third-order valence-electron chi connectivity index (χ3n) is 3.72. The average Bonchev–Trinajstić information content (AvgIpc) is 2.50. The van der Waals surface area contributed by atoms with Crippen molar-refractivity contribution in [2.24, 2.45) is 0 Å². The fraction of sp³-hybridized carbons (Fsp3) is 0.167. The zero-order valence-corrected chi connectivity index (χ0v) is 11.7. The van der Waals surface area contributed by atoms with E-state index in [4.69, 9.17) is 4.74 Å². The summed E-state index contributed by atoms with van der Waals surface area (Å²) in [6, 6.07) is 11.8. The molecule has 0 heterocycles. The maximum Gasteiger partial charge on any atom is 0.189 e. The molecule has 3 heteroatoms. The molecule has 2 aromatic carbocycles. The fourth-order valence-electron chi connectivity index (χ4n) is 2.71. The Balaban J connectivity index is 1.99. The number of allylic oxidation sites excluding steroid dienone is 1. The number of ether oxygens (including phenoxy) is 1. The van der Waals surface area contributed by atoms with E-state index in [1.165, 1.54) is 12.1 Å². The highest BCUT2D eigenvalue weighted by molar-refractivity contribution is 6.13. The van der Waals surface area contributed by atoms with Gasteiger partial charge in [-0.05, 0) is 42.7 Å². The minimum Gasteiger partial charge on any atom is -0.496 e. The highest BCUT2D eigenvalue weighted by Gasteiger charge is 2.24. The summed E-state index contributed by atoms with van der Waals surface area (Å²) in [5.74, 6) is 0.458. The predicted octanol–water partition coefficient (Wildman–Crippen LogP) is 4.05. The Morgan fingerprint density at radius 3 is 2.71 bits per heavy atom. The lowest BCUT2D eigenvalue weighted by molar-refractivity contribution is 0.102. The molecule has 3 rings (SSSR count). The molecule has 0 saturated carbocycles. The van der Waals surface area contributed by atoms with E-state index in [1.54, 1.807) is 25.3 Å². The van der Waals surface area contributed by atoms with Gasteiger partial charge in [-0.3, -0.25) is 4.79 Å². The monoisotopic (exact) mass is 282 g/mol. The summed E-state index contributed by atoms with van der Waals surface area (Å²) in [5.41, 5.74) is 3.07. The minimum atomic E-state index is -0.297. The van der Waals surface area contributed by atoms with Crippen LogP contribution in [0.25, 0.3) is 6.08 Å². The van der Waals surface area contributed by atoms with Gasteiger partial charge < -0.3 is 4.74 Å². The first kappa shape index (κ1) is 13.6. The molecule has 0 aromatic heterocycles. The SMILES string of the molecule is COc1cccc2c1CC/C(=C\c1cccc(F)c1)C2=O. The zero-order valence-electron chi connectivity index (χ0n) is 11.7. The van der Waals surface area contributed by atoms with Crippen LogP contribution in [0.1, 0.15) is 27.9 Å². The molecule has 0 amide bonds. The fourth-order valence-corrected chi connectivity index (χ4v) is 2.71. The molecule has 2 aromatic rings. The number of carbonyl (C=O) groups excluding carboxylic acids is 1. The topological polar surface area (TPSA) is 26.3 Å². The van der Waals surface area contributed by atoms with Crippen LogP contribution in [0.15, 0.2) is 48.0 Å². The van der Waals surface area contributed by atoms with Crippen molar-refractivity contribution in [2.75, 3.05) is 7.11 Å². The maximum absolute atomic E-state index is 13.2. The molecule has 0 saturated heterocycles. The third-order valence-corrected chi connectivity index (χ3v) is 3.72. The summed E-state index contributed by atoms with van der Waals surface area (Å²) >= 11 is 0. The Morgan fingerprint density at radius 2 is 1.95 bits per heavy atom. The zero-order chi connectivity index (χ0) is 14.8. The molecule has 0 spiro atoms. The van der Waals surface area contributed by atoms with Gasteiger partial charge in [-0.25, -0.2) is 4.39 Å². The molecule has 0 fully saturated rings. The maximum atomic E-state index is 13.2. The van der Waals surface area contributed by atoms with Gasteiger partial charge in [0, 0.05) is 16.7 Å². The number of rotatable bonds is 2. The van der Waals surface area contributed by atoms with E-state index in [-0.39, 0.29) is 11.6 Å². The number of ketones is 1. The van der Waals surface area contributed by atoms with Crippen LogP contribution in [0.4, 0.5) is 4.39 Å². The highest BCUT2D eigenvalue weighted by atomic mass is 19.1. The molecule has 21 heavy (non-hydrogen) atoms. The van der Waals surface area contributed by atoms with E-state index >= 15 is 0 Å². The summed E-state index contributed by atoms with van der Waals surface area (Å²) in [6.07, 6.45) is 3.17. The van der Waals surface area contributed by atoms with Gasteiger partial charge in [-0.1, -0.05) is 24.3 Å². The second-order valence-electron chi connectivity index (χ2n) is 5.04. The van der Waals surface area contributed by atoms with E-state index in [0.717, 1.165) is 17.7 Å². The quantitative estimate of drug-likeness (QED) is 0.777. The smallest absolute Gasteiger partial charge is 0.189 e. The summed E-state index contributed by atoms with van der Waals surface area (Å²) in [7, 11) is 1.61. The molecule has 0 N–H and O–H groups in total. The van der Waals surface area contributed by atoms with Gasteiger partial charge in [-0.15, -0.1) is 0 Å². The lowest BCUT2D eigenvalue weighted by atomic mass is 9.85. The van der Waals surface area contributed by atoms with E-state index in [9.17, 15) is 9.18 Å². The van der Waals surface area contributed by atoms with Crippen LogP contribution in [-0.4, -0.2) is 12.9 Å². The molecular formula is C18H15FO2. The number of methoxy groups -OCH3 is 1. The summed E-state index contributed by atoms with van der Waals surface area (Å²) in [5, 5.41) is 0. The van der Waals surface area contributed by atoms with Gasteiger partial charge in [0.15, 0.2) is 5.78 Å². The van der Waals surface area contributed by atoms with Crippen LogP contribution in [0.5, 0.6) is 5.75 Å². The molecule has 2 nitrogen and oxygen atoms in total. The number of carbonyl (C=O) groups is 1. The summed E-state index contributed by atoms with van der Waals surface area (Å²) in [6.45, 7) is 0. The highest BCUT2D eigenvalue weighted by Crippen LogP contribution is 2.32. The van der Waals surface area contributed by atoms with Gasteiger partial charge in [0.2, 0.25) is 0 Å². The minimum absolute atomic E-state index is 0.000545. The Kier molecular flexibility index (Phi) is 3.57. The van der Waals surface area contributed by atoms with E-state index < -0.39 is 0 Å². The van der Waals surface area contributed by atoms with Crippen molar-refractivity contribution < 1.29 is 13.9 Å². The van der Waals surface area contributed by atoms with Crippen LogP contribution in [0.3, 0.4) is 0 Å². The second-order valence-corrected chi connectivity index (χ2v) is 5.04. The molecule has 0 aliphatic heterocycles. The number of fused-ring (bicyclic) bond motifs is 1. The standard InChI is InChI=1S/C18H15FO2/c1-21-17-7-3-6-16-15(17)9-8-13(18(16)20)10-12-4-2-5-14(19)11-12/h2-7,10-11H,8-9H2,1H3/b13-10+. The average molecular weight is 282 g/mol. The molecule has 0 bridgehead atoms. The van der Waals surface area contributed by atoms with Crippen LogP contribution in [-0.2, 0) is 6.42 Å². The summed E-state index contributed by atoms with van der Waals surface area (Å²) in [4.78, 5) is 12.6. The molecule has 1 aliphatic carbocycles. The van der Waals surface area contributed by atoms with Crippen molar-refractivity contribution >= 4 is 11.9 Å². The van der Waals surface area contributed by atoms with Crippen molar-refractivity contribution in [1.82, 2.24) is 0 Å². The van der Waals surface area contributed by atoms with E-state index in [0.29, 0.717) is 23.1 Å². The van der Waals surface area contributed by atoms with E-state index in [2.05, 4.69) is 0 Å².